The number of rotatable bonds is 7. The first kappa shape index (κ1) is 27.4. The Hall–Kier alpha value is -3.15. The Morgan fingerprint density at radius 1 is 1.03 bits per heavy atom. The summed E-state index contributed by atoms with van der Waals surface area (Å²) in [5.74, 6) is -9.17. The second kappa shape index (κ2) is 11.3. The van der Waals surface area contributed by atoms with Gasteiger partial charge in [-0.25, -0.2) is 17.6 Å². The quantitative estimate of drug-likeness (QED) is 0.152. The Morgan fingerprint density at radius 2 is 1.72 bits per heavy atom. The number of hydrogen-bond acceptors (Lipinski definition) is 4. The Bertz CT molecular complexity index is 1220. The lowest BCUT2D eigenvalue weighted by molar-refractivity contribution is -0.137. The van der Waals surface area contributed by atoms with Gasteiger partial charge in [0.05, 0.1) is 36.2 Å². The molecular weight excluding hydrogens is 520 g/mol. The van der Waals surface area contributed by atoms with Crippen molar-refractivity contribution in [1.29, 1.82) is 0 Å². The van der Waals surface area contributed by atoms with E-state index in [2.05, 4.69) is 0 Å². The highest BCUT2D eigenvalue weighted by Crippen LogP contribution is 2.45. The zero-order valence-electron chi connectivity index (χ0n) is 18.7. The van der Waals surface area contributed by atoms with E-state index in [4.69, 9.17) is 13.7 Å². The Morgan fingerprint density at radius 3 is 2.33 bits per heavy atom. The molecule has 36 heavy (non-hydrogen) atoms. The third-order valence-electron chi connectivity index (χ3n) is 5.19. The minimum Gasteiger partial charge on any atom is -0.496 e. The summed E-state index contributed by atoms with van der Waals surface area (Å²) in [5.41, 5.74) is 0.236. The van der Waals surface area contributed by atoms with Gasteiger partial charge in [0.1, 0.15) is 23.7 Å². The molecule has 2 aromatic rings. The molecule has 12 heteroatoms. The zero-order chi connectivity index (χ0) is 26.6. The zero-order valence-corrected chi connectivity index (χ0v) is 19.5. The highest BCUT2D eigenvalue weighted by atomic mass is 32.2. The molecule has 194 valence electrons. The topological polar surface area (TPSA) is 27.7 Å². The Kier molecular flexibility index (Phi) is 8.59. The fourth-order valence-electron chi connectivity index (χ4n) is 3.49. The van der Waals surface area contributed by atoms with Crippen LogP contribution in [0, 0.1) is 0 Å². The number of hydrogen-bond donors (Lipinski definition) is 0. The van der Waals surface area contributed by atoms with E-state index in [1.807, 2.05) is 0 Å². The highest BCUT2D eigenvalue weighted by Gasteiger charge is 2.33. The molecule has 0 bridgehead atoms. The van der Waals surface area contributed by atoms with Crippen LogP contribution in [0.1, 0.15) is 36.0 Å². The number of halogens is 8. The predicted molar refractivity (Wildman–Crippen MR) is 117 cm³/mol. The first-order chi connectivity index (χ1) is 17.0. The number of benzene rings is 2. The van der Waals surface area contributed by atoms with Crippen molar-refractivity contribution in [3.05, 3.63) is 88.5 Å². The van der Waals surface area contributed by atoms with Crippen LogP contribution in [0.2, 0.25) is 0 Å². The van der Waals surface area contributed by atoms with Gasteiger partial charge < -0.3 is 13.7 Å². The smallest absolute Gasteiger partial charge is 0.416 e. The number of alkyl halides is 3. The molecule has 0 amide bonds. The van der Waals surface area contributed by atoms with Crippen LogP contribution < -0.4 is 9.47 Å². The summed E-state index contributed by atoms with van der Waals surface area (Å²) < 4.78 is 122. The summed E-state index contributed by atoms with van der Waals surface area (Å²) >= 11 is 0.325. The largest absolute Gasteiger partial charge is 0.496 e. The first-order valence-electron chi connectivity index (χ1n) is 10.2. The molecule has 3 nitrogen and oxygen atoms in total. The van der Waals surface area contributed by atoms with Crippen molar-refractivity contribution < 1.29 is 48.8 Å². The molecule has 0 aliphatic carbocycles. The van der Waals surface area contributed by atoms with Crippen molar-refractivity contribution in [1.82, 2.24) is 0 Å². The Balaban J connectivity index is 1.90. The van der Waals surface area contributed by atoms with Crippen molar-refractivity contribution >= 4 is 12.0 Å². The second-order valence-electron chi connectivity index (χ2n) is 7.46. The molecule has 0 N–H and O–H groups in total. The summed E-state index contributed by atoms with van der Waals surface area (Å²) in [4.78, 5) is 0.201. The predicted octanol–water partition coefficient (Wildman–Crippen LogP) is 8.78. The molecule has 0 saturated carbocycles. The van der Waals surface area contributed by atoms with Crippen molar-refractivity contribution in [3.8, 4) is 11.5 Å². The van der Waals surface area contributed by atoms with Crippen LogP contribution in [0.25, 0.3) is 0 Å². The molecule has 1 atom stereocenters. The number of methoxy groups -OCH3 is 1. The molecule has 1 unspecified atom stereocenters. The first-order valence-corrected chi connectivity index (χ1v) is 11.0. The van der Waals surface area contributed by atoms with Crippen LogP contribution >= 0.6 is 12.0 Å². The van der Waals surface area contributed by atoms with Gasteiger partial charge in [-0.15, -0.1) is 0 Å². The molecule has 1 aliphatic heterocycles. The summed E-state index contributed by atoms with van der Waals surface area (Å²) in [7, 11) is 1.26. The lowest BCUT2D eigenvalue weighted by Gasteiger charge is -2.28. The van der Waals surface area contributed by atoms with Gasteiger partial charge in [0.2, 0.25) is 11.6 Å². The van der Waals surface area contributed by atoms with Crippen LogP contribution in [-0.2, 0) is 10.4 Å². The molecule has 1 heterocycles. The van der Waals surface area contributed by atoms with Crippen LogP contribution in [0.5, 0.6) is 11.5 Å². The van der Waals surface area contributed by atoms with E-state index in [-0.39, 0.29) is 17.3 Å². The molecule has 2 aromatic carbocycles. The van der Waals surface area contributed by atoms with Crippen LogP contribution in [0.15, 0.2) is 76.7 Å². The monoisotopic (exact) mass is 538 g/mol. The van der Waals surface area contributed by atoms with Crippen molar-refractivity contribution in [2.45, 2.75) is 30.3 Å². The van der Waals surface area contributed by atoms with Gasteiger partial charge in [-0.3, -0.25) is 0 Å². The van der Waals surface area contributed by atoms with Gasteiger partial charge in [0.15, 0.2) is 11.7 Å². The number of allylic oxidation sites excluding steroid dienone is 4. The van der Waals surface area contributed by atoms with E-state index >= 15 is 0 Å². The minimum atomic E-state index is -4.54. The van der Waals surface area contributed by atoms with Crippen molar-refractivity contribution in [2.24, 2.45) is 0 Å². The summed E-state index contributed by atoms with van der Waals surface area (Å²) in [6.07, 6.45) is -4.79. The lowest BCUT2D eigenvalue weighted by atomic mass is 9.85. The van der Waals surface area contributed by atoms with Gasteiger partial charge in [-0.1, -0.05) is 12.1 Å². The van der Waals surface area contributed by atoms with Gasteiger partial charge in [0, 0.05) is 17.0 Å². The SMILES string of the molecule is COc1cc(C(F)(F)F)ccc1C1CCOc2cc(SOC(/C(F)=C/F)=C(F)/C(F)=C(\C)F)ccc21. The second-order valence-corrected chi connectivity index (χ2v) is 8.26. The van der Waals surface area contributed by atoms with Crippen LogP contribution in [0.3, 0.4) is 0 Å². The lowest BCUT2D eigenvalue weighted by Crippen LogP contribution is -2.16. The van der Waals surface area contributed by atoms with E-state index in [0.717, 1.165) is 12.1 Å². The van der Waals surface area contributed by atoms with Gasteiger partial charge in [-0.05, 0) is 37.6 Å². The summed E-state index contributed by atoms with van der Waals surface area (Å²) in [6, 6.07) is 7.61. The normalized spacial score (nSPS) is 17.5. The number of fused-ring (bicyclic) bond motifs is 1. The third kappa shape index (κ3) is 5.97. The molecule has 0 spiro atoms. The maximum atomic E-state index is 14.1. The summed E-state index contributed by atoms with van der Waals surface area (Å²) in [5, 5.41) is 0. The van der Waals surface area contributed by atoms with Gasteiger partial charge >= 0.3 is 6.18 Å². The van der Waals surface area contributed by atoms with E-state index in [0.29, 0.717) is 42.3 Å². The standard InChI is InChI=1S/C24H18F8O3S/c1-12(26)21(28)22(29)23(18(27)11-25)35-36-14-4-6-17-15(7-8-34-20(17)10-14)16-5-3-13(24(30,31)32)9-19(16)33-2/h3-6,9-11,15H,7-8H2,1-2H3/b18-11-,21-12-,23-22-. The third-order valence-corrected chi connectivity index (χ3v) is 5.89. The minimum absolute atomic E-state index is 0.0430. The molecule has 1 aliphatic rings. The molecular formula is C24H18F8O3S. The average Bonchev–Trinajstić information content (AvgIpc) is 2.86. The van der Waals surface area contributed by atoms with Crippen molar-refractivity contribution in [3.63, 3.8) is 0 Å². The van der Waals surface area contributed by atoms with E-state index < -0.39 is 53.1 Å². The van der Waals surface area contributed by atoms with Gasteiger partial charge in [-0.2, -0.15) is 17.6 Å². The number of ether oxygens (including phenoxy) is 2. The van der Waals surface area contributed by atoms with Crippen LogP contribution in [-0.4, -0.2) is 13.7 Å². The van der Waals surface area contributed by atoms with Crippen molar-refractivity contribution in [2.75, 3.05) is 13.7 Å². The maximum absolute atomic E-state index is 14.1. The summed E-state index contributed by atoms with van der Waals surface area (Å²) in [6.45, 7) is 0.779. The highest BCUT2D eigenvalue weighted by molar-refractivity contribution is 7.94. The average molecular weight is 538 g/mol. The fourth-order valence-corrected chi connectivity index (χ4v) is 4.10. The molecule has 0 radical (unpaired) electrons. The molecule has 0 aromatic heterocycles. The van der Waals surface area contributed by atoms with E-state index in [1.165, 1.54) is 25.3 Å². The van der Waals surface area contributed by atoms with Crippen LogP contribution in [0.4, 0.5) is 35.1 Å². The van der Waals surface area contributed by atoms with E-state index in [1.54, 1.807) is 6.07 Å². The fraction of sp³-hybridized carbons (Fsp3) is 0.250. The van der Waals surface area contributed by atoms with E-state index in [9.17, 15) is 35.1 Å². The Labute approximate surface area is 205 Å². The maximum Gasteiger partial charge on any atom is 0.416 e. The molecule has 0 fully saturated rings. The molecule has 3 rings (SSSR count). The van der Waals surface area contributed by atoms with Gasteiger partial charge in [0.25, 0.3) is 0 Å². The molecule has 0 saturated heterocycles.